The predicted molar refractivity (Wildman–Crippen MR) is 94.7 cm³/mol. The zero-order valence-corrected chi connectivity index (χ0v) is 14.9. The van der Waals surface area contributed by atoms with E-state index in [-0.39, 0.29) is 31.0 Å². The molecule has 24 heavy (non-hydrogen) atoms. The highest BCUT2D eigenvalue weighted by atomic mass is 35.5. The van der Waals surface area contributed by atoms with Crippen LogP contribution in [0.25, 0.3) is 0 Å². The monoisotopic (exact) mass is 370 g/mol. The van der Waals surface area contributed by atoms with Crippen molar-refractivity contribution in [2.24, 2.45) is 7.05 Å². The molecule has 1 unspecified atom stereocenters. The van der Waals surface area contributed by atoms with Crippen molar-refractivity contribution in [1.29, 1.82) is 0 Å². The molecule has 1 aromatic heterocycles. The summed E-state index contributed by atoms with van der Waals surface area (Å²) in [5.41, 5.74) is 0. The van der Waals surface area contributed by atoms with Crippen molar-refractivity contribution >= 4 is 29.9 Å². The number of carbonyl (C=O) groups excluding carboxylic acids is 1. The summed E-state index contributed by atoms with van der Waals surface area (Å²) in [4.78, 5) is 18.8. The topological polar surface area (TPSA) is 59.4 Å². The van der Waals surface area contributed by atoms with E-state index in [0.29, 0.717) is 23.9 Å². The van der Waals surface area contributed by atoms with Gasteiger partial charge in [0.2, 0.25) is 0 Å². The molecule has 0 spiro atoms. The molecular formula is C16H20Cl2N4O2. The van der Waals surface area contributed by atoms with Crippen LogP contribution in [0.1, 0.15) is 11.9 Å². The summed E-state index contributed by atoms with van der Waals surface area (Å²) in [6.45, 7) is 2.11. The number of piperazine rings is 1. The molecule has 1 amide bonds. The molecule has 130 valence electrons. The zero-order chi connectivity index (χ0) is 16.2. The van der Waals surface area contributed by atoms with Crippen LogP contribution in [0.3, 0.4) is 0 Å². The number of ether oxygens (including phenoxy) is 1. The molecule has 1 aliphatic heterocycles. The highest BCUT2D eigenvalue weighted by molar-refractivity contribution is 6.30. The third kappa shape index (κ3) is 4.20. The van der Waals surface area contributed by atoms with Gasteiger partial charge in [-0.1, -0.05) is 11.6 Å². The van der Waals surface area contributed by atoms with Gasteiger partial charge in [0.15, 0.2) is 6.61 Å². The number of carbonyl (C=O) groups is 1. The summed E-state index contributed by atoms with van der Waals surface area (Å²) in [6, 6.07) is 6.91. The van der Waals surface area contributed by atoms with Gasteiger partial charge in [0, 0.05) is 44.1 Å². The highest BCUT2D eigenvalue weighted by Gasteiger charge is 2.30. The minimum absolute atomic E-state index is 0. The van der Waals surface area contributed by atoms with Crippen LogP contribution in [0.4, 0.5) is 0 Å². The van der Waals surface area contributed by atoms with Crippen molar-refractivity contribution in [2.75, 3.05) is 26.2 Å². The number of benzene rings is 1. The van der Waals surface area contributed by atoms with E-state index in [9.17, 15) is 4.79 Å². The maximum absolute atomic E-state index is 12.6. The van der Waals surface area contributed by atoms with Gasteiger partial charge in [-0.25, -0.2) is 4.98 Å². The Hall–Kier alpha value is -1.76. The van der Waals surface area contributed by atoms with Gasteiger partial charge in [-0.05, 0) is 24.3 Å². The summed E-state index contributed by atoms with van der Waals surface area (Å²) in [6.07, 6.45) is 3.63. The molecule has 2 heterocycles. The fourth-order valence-electron chi connectivity index (χ4n) is 2.69. The maximum atomic E-state index is 12.6. The standard InChI is InChI=1S/C16H19ClN4O2.ClH/c1-20-8-7-19-16(20)14-10-18-6-9-21(14)15(22)11-23-13-4-2-12(17)3-5-13;/h2-5,7-8,14,18H,6,9-11H2,1H3;1H. The predicted octanol–water partition coefficient (Wildman–Crippen LogP) is 2.05. The maximum Gasteiger partial charge on any atom is 0.261 e. The van der Waals surface area contributed by atoms with E-state index in [2.05, 4.69) is 10.3 Å². The number of aryl methyl sites for hydroxylation is 1. The van der Waals surface area contributed by atoms with Gasteiger partial charge in [0.1, 0.15) is 17.6 Å². The van der Waals surface area contributed by atoms with Gasteiger partial charge in [-0.15, -0.1) is 12.4 Å². The first-order valence-corrected chi connectivity index (χ1v) is 7.89. The molecule has 1 aliphatic rings. The number of halogens is 2. The van der Waals surface area contributed by atoms with Crippen molar-refractivity contribution in [1.82, 2.24) is 19.8 Å². The largest absolute Gasteiger partial charge is 0.484 e. The summed E-state index contributed by atoms with van der Waals surface area (Å²) in [5, 5.41) is 3.95. The number of rotatable bonds is 4. The van der Waals surface area contributed by atoms with E-state index in [4.69, 9.17) is 16.3 Å². The molecule has 1 fully saturated rings. The van der Waals surface area contributed by atoms with Gasteiger partial charge < -0.3 is 19.5 Å². The van der Waals surface area contributed by atoms with E-state index >= 15 is 0 Å². The lowest BCUT2D eigenvalue weighted by Gasteiger charge is -2.35. The molecule has 6 nitrogen and oxygen atoms in total. The van der Waals surface area contributed by atoms with Crippen LogP contribution in [-0.4, -0.2) is 46.6 Å². The number of imidazole rings is 1. The minimum Gasteiger partial charge on any atom is -0.484 e. The zero-order valence-electron chi connectivity index (χ0n) is 13.3. The number of nitrogens with zero attached hydrogens (tertiary/aromatic N) is 3. The third-order valence-corrected chi connectivity index (χ3v) is 4.15. The molecule has 1 atom stereocenters. The summed E-state index contributed by atoms with van der Waals surface area (Å²) < 4.78 is 7.52. The number of hydrogen-bond donors (Lipinski definition) is 1. The number of nitrogens with one attached hydrogen (secondary N) is 1. The Bertz CT molecular complexity index is 675. The van der Waals surface area contributed by atoms with Crippen LogP contribution in [0, 0.1) is 0 Å². The van der Waals surface area contributed by atoms with Crippen molar-refractivity contribution in [3.63, 3.8) is 0 Å². The molecule has 0 radical (unpaired) electrons. The van der Waals surface area contributed by atoms with Gasteiger partial charge in [0.05, 0.1) is 0 Å². The van der Waals surface area contributed by atoms with E-state index in [1.54, 1.807) is 30.5 Å². The van der Waals surface area contributed by atoms with Gasteiger partial charge >= 0.3 is 0 Å². The van der Waals surface area contributed by atoms with Crippen LogP contribution in [0.2, 0.25) is 5.02 Å². The average Bonchev–Trinajstić information content (AvgIpc) is 3.00. The first kappa shape index (κ1) is 18.6. The quantitative estimate of drug-likeness (QED) is 0.894. The average molecular weight is 371 g/mol. The lowest BCUT2D eigenvalue weighted by atomic mass is 10.1. The van der Waals surface area contributed by atoms with Crippen molar-refractivity contribution < 1.29 is 9.53 Å². The van der Waals surface area contributed by atoms with Crippen molar-refractivity contribution in [2.45, 2.75) is 6.04 Å². The van der Waals surface area contributed by atoms with E-state index in [0.717, 1.165) is 12.4 Å². The Morgan fingerprint density at radius 2 is 2.17 bits per heavy atom. The lowest BCUT2D eigenvalue weighted by Crippen LogP contribution is -2.50. The molecule has 1 aromatic carbocycles. The minimum atomic E-state index is -0.0786. The lowest BCUT2D eigenvalue weighted by molar-refractivity contribution is -0.137. The summed E-state index contributed by atoms with van der Waals surface area (Å²) >= 11 is 5.84. The van der Waals surface area contributed by atoms with Crippen LogP contribution in [0.15, 0.2) is 36.7 Å². The van der Waals surface area contributed by atoms with E-state index in [1.807, 2.05) is 22.7 Å². The fraction of sp³-hybridized carbons (Fsp3) is 0.375. The van der Waals surface area contributed by atoms with Crippen LogP contribution in [-0.2, 0) is 11.8 Å². The fourth-order valence-corrected chi connectivity index (χ4v) is 2.82. The normalized spacial score (nSPS) is 17.2. The molecule has 8 heteroatoms. The number of amides is 1. The number of aromatic nitrogens is 2. The molecule has 1 saturated heterocycles. The van der Waals surface area contributed by atoms with Gasteiger partial charge in [-0.2, -0.15) is 0 Å². The SMILES string of the molecule is Cl.Cn1ccnc1C1CNCCN1C(=O)COc1ccc(Cl)cc1. The molecule has 2 aromatic rings. The Balaban J connectivity index is 0.00000208. The van der Waals surface area contributed by atoms with E-state index in [1.165, 1.54) is 0 Å². The first-order chi connectivity index (χ1) is 11.1. The number of hydrogen-bond acceptors (Lipinski definition) is 4. The highest BCUT2D eigenvalue weighted by Crippen LogP contribution is 2.21. The molecular weight excluding hydrogens is 351 g/mol. The van der Waals surface area contributed by atoms with Crippen LogP contribution >= 0.6 is 24.0 Å². The first-order valence-electron chi connectivity index (χ1n) is 7.51. The second-order valence-electron chi connectivity index (χ2n) is 5.45. The molecule has 1 N–H and O–H groups in total. The molecule has 0 saturated carbocycles. The Morgan fingerprint density at radius 3 is 2.83 bits per heavy atom. The second-order valence-corrected chi connectivity index (χ2v) is 5.88. The Kier molecular flexibility index (Phi) is 6.48. The smallest absolute Gasteiger partial charge is 0.261 e. The summed E-state index contributed by atoms with van der Waals surface area (Å²) in [5.74, 6) is 1.46. The van der Waals surface area contributed by atoms with Crippen molar-refractivity contribution in [3.8, 4) is 5.75 Å². The van der Waals surface area contributed by atoms with Gasteiger partial charge in [0.25, 0.3) is 5.91 Å². The Morgan fingerprint density at radius 1 is 1.42 bits per heavy atom. The molecule has 0 aliphatic carbocycles. The second kappa shape index (κ2) is 8.37. The van der Waals surface area contributed by atoms with E-state index < -0.39 is 0 Å². The molecule has 3 rings (SSSR count). The molecule has 0 bridgehead atoms. The third-order valence-electron chi connectivity index (χ3n) is 3.90. The van der Waals surface area contributed by atoms with Crippen LogP contribution in [0.5, 0.6) is 5.75 Å². The van der Waals surface area contributed by atoms with Gasteiger partial charge in [-0.3, -0.25) is 4.79 Å². The summed E-state index contributed by atoms with van der Waals surface area (Å²) in [7, 11) is 1.93. The van der Waals surface area contributed by atoms with Crippen molar-refractivity contribution in [3.05, 3.63) is 47.5 Å². The Labute approximate surface area is 152 Å². The van der Waals surface area contributed by atoms with Crippen LogP contribution < -0.4 is 10.1 Å².